The Morgan fingerprint density at radius 3 is 2.35 bits per heavy atom. The molecule has 0 N–H and O–H groups in total. The summed E-state index contributed by atoms with van der Waals surface area (Å²) in [6.45, 7) is 4.51. The largest absolute Gasteiger partial charge is 0.493 e. The molecular formula is C17H20O3. The van der Waals surface area contributed by atoms with Gasteiger partial charge in [-0.2, -0.15) is 0 Å². The predicted molar refractivity (Wildman–Crippen MR) is 79.5 cm³/mol. The number of rotatable bonds is 6. The van der Waals surface area contributed by atoms with E-state index in [1.54, 1.807) is 7.11 Å². The molecule has 0 spiro atoms. The number of ether oxygens (including phenoxy) is 3. The van der Waals surface area contributed by atoms with E-state index in [0.717, 1.165) is 17.1 Å². The summed E-state index contributed by atoms with van der Waals surface area (Å²) < 4.78 is 16.8. The third-order valence-corrected chi connectivity index (χ3v) is 2.75. The molecule has 2 rings (SSSR count). The van der Waals surface area contributed by atoms with Crippen LogP contribution in [0.15, 0.2) is 48.5 Å². The van der Waals surface area contributed by atoms with E-state index < -0.39 is 0 Å². The van der Waals surface area contributed by atoms with E-state index in [-0.39, 0.29) is 6.10 Å². The molecule has 0 aliphatic carbocycles. The van der Waals surface area contributed by atoms with E-state index in [9.17, 15) is 0 Å². The molecule has 0 saturated carbocycles. The van der Waals surface area contributed by atoms with Crippen LogP contribution in [0.2, 0.25) is 0 Å². The summed E-state index contributed by atoms with van der Waals surface area (Å²) in [6, 6.07) is 15.7. The lowest BCUT2D eigenvalue weighted by Crippen LogP contribution is -2.06. The van der Waals surface area contributed by atoms with Gasteiger partial charge in [0.05, 0.1) is 13.2 Å². The second-order valence-electron chi connectivity index (χ2n) is 4.75. The lowest BCUT2D eigenvalue weighted by Gasteiger charge is -2.15. The molecule has 0 atom stereocenters. The van der Waals surface area contributed by atoms with Crippen molar-refractivity contribution in [2.24, 2.45) is 0 Å². The maximum atomic E-state index is 5.76. The van der Waals surface area contributed by atoms with Gasteiger partial charge in [-0.15, -0.1) is 0 Å². The molecule has 0 radical (unpaired) electrons. The van der Waals surface area contributed by atoms with Crippen LogP contribution in [0, 0.1) is 0 Å². The minimum absolute atomic E-state index is 0.111. The normalized spacial score (nSPS) is 10.4. The number of benzene rings is 2. The third kappa shape index (κ3) is 3.92. The molecule has 0 fully saturated rings. The number of hydrogen-bond acceptors (Lipinski definition) is 3. The topological polar surface area (TPSA) is 27.7 Å². The third-order valence-electron chi connectivity index (χ3n) is 2.75. The molecule has 0 amide bonds. The summed E-state index contributed by atoms with van der Waals surface area (Å²) in [7, 11) is 1.63. The first kappa shape index (κ1) is 14.3. The van der Waals surface area contributed by atoms with Crippen molar-refractivity contribution in [2.75, 3.05) is 7.11 Å². The Bertz CT molecular complexity index is 535. The SMILES string of the molecule is COc1cc(OCc2ccccc2)ccc1OC(C)C. The molecule has 0 unspecified atom stereocenters. The summed E-state index contributed by atoms with van der Waals surface area (Å²) in [6.07, 6.45) is 0.111. The second-order valence-corrected chi connectivity index (χ2v) is 4.75. The first-order chi connectivity index (χ1) is 9.69. The van der Waals surface area contributed by atoms with Crippen molar-refractivity contribution in [3.63, 3.8) is 0 Å². The van der Waals surface area contributed by atoms with Gasteiger partial charge < -0.3 is 14.2 Å². The Hall–Kier alpha value is -2.16. The summed E-state index contributed by atoms with van der Waals surface area (Å²) in [4.78, 5) is 0. The number of hydrogen-bond donors (Lipinski definition) is 0. The minimum atomic E-state index is 0.111. The highest BCUT2D eigenvalue weighted by Gasteiger charge is 2.08. The van der Waals surface area contributed by atoms with Crippen LogP contribution in [-0.2, 0) is 6.61 Å². The van der Waals surface area contributed by atoms with Gasteiger partial charge >= 0.3 is 0 Å². The van der Waals surface area contributed by atoms with Gasteiger partial charge in [0.2, 0.25) is 0 Å². The summed E-state index contributed by atoms with van der Waals surface area (Å²) in [5, 5.41) is 0. The Morgan fingerprint density at radius 1 is 0.950 bits per heavy atom. The van der Waals surface area contributed by atoms with Crippen molar-refractivity contribution in [1.29, 1.82) is 0 Å². The molecule has 0 heterocycles. The van der Waals surface area contributed by atoms with Crippen LogP contribution in [0.4, 0.5) is 0 Å². The molecule has 2 aromatic carbocycles. The van der Waals surface area contributed by atoms with Gasteiger partial charge in [-0.05, 0) is 31.5 Å². The Balaban J connectivity index is 2.05. The van der Waals surface area contributed by atoms with Gasteiger partial charge in [-0.25, -0.2) is 0 Å². The molecule has 0 aliphatic heterocycles. The van der Waals surface area contributed by atoms with Gasteiger partial charge in [-0.1, -0.05) is 30.3 Å². The first-order valence-corrected chi connectivity index (χ1v) is 6.70. The van der Waals surface area contributed by atoms with Crippen LogP contribution in [0.3, 0.4) is 0 Å². The summed E-state index contributed by atoms with van der Waals surface area (Å²) in [5.74, 6) is 2.18. The van der Waals surface area contributed by atoms with Crippen molar-refractivity contribution >= 4 is 0 Å². The Kier molecular flexibility index (Phi) is 4.88. The van der Waals surface area contributed by atoms with Crippen LogP contribution in [0.5, 0.6) is 17.2 Å². The molecule has 20 heavy (non-hydrogen) atoms. The smallest absolute Gasteiger partial charge is 0.164 e. The van der Waals surface area contributed by atoms with E-state index in [2.05, 4.69) is 0 Å². The fourth-order valence-corrected chi connectivity index (χ4v) is 1.83. The lowest BCUT2D eigenvalue weighted by atomic mass is 10.2. The van der Waals surface area contributed by atoms with Crippen molar-refractivity contribution < 1.29 is 14.2 Å². The van der Waals surface area contributed by atoms with E-state index in [0.29, 0.717) is 12.4 Å². The van der Waals surface area contributed by atoms with E-state index >= 15 is 0 Å². The van der Waals surface area contributed by atoms with Crippen LogP contribution in [-0.4, -0.2) is 13.2 Å². The monoisotopic (exact) mass is 272 g/mol. The second kappa shape index (κ2) is 6.85. The summed E-state index contributed by atoms with van der Waals surface area (Å²) in [5.41, 5.74) is 1.13. The van der Waals surface area contributed by atoms with Crippen molar-refractivity contribution in [1.82, 2.24) is 0 Å². The maximum Gasteiger partial charge on any atom is 0.164 e. The average molecular weight is 272 g/mol. The Morgan fingerprint density at radius 2 is 1.70 bits per heavy atom. The first-order valence-electron chi connectivity index (χ1n) is 6.70. The van der Waals surface area contributed by atoms with Gasteiger partial charge in [0.15, 0.2) is 11.5 Å². The average Bonchev–Trinajstić information content (AvgIpc) is 2.46. The van der Waals surface area contributed by atoms with E-state index in [1.165, 1.54) is 0 Å². The van der Waals surface area contributed by atoms with Gasteiger partial charge in [0.25, 0.3) is 0 Å². The van der Waals surface area contributed by atoms with Crippen LogP contribution >= 0.6 is 0 Å². The highest BCUT2D eigenvalue weighted by molar-refractivity contribution is 5.45. The molecule has 3 nitrogen and oxygen atoms in total. The van der Waals surface area contributed by atoms with Crippen molar-refractivity contribution in [3.8, 4) is 17.2 Å². The number of methoxy groups -OCH3 is 1. The maximum absolute atomic E-state index is 5.76. The standard InChI is InChI=1S/C17H20O3/c1-13(2)20-16-10-9-15(11-17(16)18-3)19-12-14-7-5-4-6-8-14/h4-11,13H,12H2,1-3H3. The van der Waals surface area contributed by atoms with Crippen LogP contribution < -0.4 is 14.2 Å². The highest BCUT2D eigenvalue weighted by Crippen LogP contribution is 2.32. The van der Waals surface area contributed by atoms with Gasteiger partial charge in [-0.3, -0.25) is 0 Å². The predicted octanol–water partition coefficient (Wildman–Crippen LogP) is 4.06. The zero-order valence-electron chi connectivity index (χ0n) is 12.1. The lowest BCUT2D eigenvalue weighted by molar-refractivity contribution is 0.228. The molecule has 3 heteroatoms. The van der Waals surface area contributed by atoms with E-state index in [1.807, 2.05) is 62.4 Å². The highest BCUT2D eigenvalue weighted by atomic mass is 16.5. The molecule has 2 aromatic rings. The molecule has 0 aromatic heterocycles. The van der Waals surface area contributed by atoms with Gasteiger partial charge in [0, 0.05) is 6.07 Å². The molecule has 0 saturated heterocycles. The molecule has 0 bridgehead atoms. The van der Waals surface area contributed by atoms with Crippen LogP contribution in [0.25, 0.3) is 0 Å². The van der Waals surface area contributed by atoms with E-state index in [4.69, 9.17) is 14.2 Å². The van der Waals surface area contributed by atoms with Crippen molar-refractivity contribution in [3.05, 3.63) is 54.1 Å². The Labute approximate surface area is 120 Å². The summed E-state index contributed by atoms with van der Waals surface area (Å²) >= 11 is 0. The molecular weight excluding hydrogens is 252 g/mol. The zero-order chi connectivity index (χ0) is 14.4. The van der Waals surface area contributed by atoms with Crippen molar-refractivity contribution in [2.45, 2.75) is 26.6 Å². The minimum Gasteiger partial charge on any atom is -0.493 e. The fraction of sp³-hybridized carbons (Fsp3) is 0.294. The molecule has 106 valence electrons. The molecule has 0 aliphatic rings. The van der Waals surface area contributed by atoms with Gasteiger partial charge in [0.1, 0.15) is 12.4 Å². The quantitative estimate of drug-likeness (QED) is 0.793. The fourth-order valence-electron chi connectivity index (χ4n) is 1.83. The van der Waals surface area contributed by atoms with Crippen LogP contribution in [0.1, 0.15) is 19.4 Å². The zero-order valence-corrected chi connectivity index (χ0v) is 12.1.